The lowest BCUT2D eigenvalue weighted by Gasteiger charge is -2.13. The Hall–Kier alpha value is -2.73. The van der Waals surface area contributed by atoms with Crippen LogP contribution in [0.3, 0.4) is 0 Å². The Labute approximate surface area is 186 Å². The fraction of sp³-hybridized carbons (Fsp3) is 0.292. The van der Waals surface area contributed by atoms with Crippen LogP contribution in [0.2, 0.25) is 0 Å². The molecule has 1 aromatic heterocycles. The average Bonchev–Trinajstić information content (AvgIpc) is 2.89. The number of nitrogens with one attached hydrogen (secondary N) is 1. The summed E-state index contributed by atoms with van der Waals surface area (Å²) in [6.07, 6.45) is 8.41. The number of nitrogens with zero attached hydrogens (tertiary/aromatic N) is 2. The van der Waals surface area contributed by atoms with Crippen LogP contribution in [0.1, 0.15) is 36.7 Å². The van der Waals surface area contributed by atoms with Crippen molar-refractivity contribution in [3.63, 3.8) is 0 Å². The van der Waals surface area contributed by atoms with Crippen molar-refractivity contribution in [2.24, 2.45) is 0 Å². The number of amides is 1. The third kappa shape index (κ3) is 5.25. The number of rotatable bonds is 6. The molecule has 156 valence electrons. The van der Waals surface area contributed by atoms with E-state index in [0.29, 0.717) is 11.5 Å². The number of hydrogen-bond donors (Lipinski definition) is 1. The summed E-state index contributed by atoms with van der Waals surface area (Å²) in [4.78, 5) is 22.2. The summed E-state index contributed by atoms with van der Waals surface area (Å²) < 4.78 is 6.34. The molecule has 0 fully saturated rings. The second kappa shape index (κ2) is 9.85. The molecular weight excluding hydrogens is 442 g/mol. The first-order valence-corrected chi connectivity index (χ1v) is 10.7. The van der Waals surface area contributed by atoms with Gasteiger partial charge in [0.1, 0.15) is 5.75 Å². The van der Waals surface area contributed by atoms with Crippen molar-refractivity contribution in [3.8, 4) is 17.0 Å². The summed E-state index contributed by atoms with van der Waals surface area (Å²) in [5.41, 5.74) is 5.64. The first kappa shape index (κ1) is 22.0. The van der Waals surface area contributed by atoms with E-state index in [1.165, 1.54) is 5.56 Å². The largest absolute Gasteiger partial charge is 0.497 e. The fourth-order valence-corrected chi connectivity index (χ4v) is 3.56. The van der Waals surface area contributed by atoms with E-state index in [1.54, 1.807) is 13.2 Å². The number of anilines is 1. The Bertz CT molecular complexity index is 1040. The molecule has 5 nitrogen and oxygen atoms in total. The van der Waals surface area contributed by atoms with Gasteiger partial charge in [0, 0.05) is 5.56 Å². The minimum Gasteiger partial charge on any atom is -0.497 e. The van der Waals surface area contributed by atoms with Crippen molar-refractivity contribution in [1.82, 2.24) is 9.97 Å². The highest BCUT2D eigenvalue weighted by Gasteiger charge is 2.20. The number of aryl methyl sites for hydroxylation is 3. The molecule has 2 aromatic rings. The molecule has 1 aliphatic carbocycles. The van der Waals surface area contributed by atoms with Crippen LogP contribution in [0.4, 0.5) is 5.82 Å². The average molecular weight is 468 g/mol. The molecule has 1 heterocycles. The molecule has 0 unspecified atom stereocenters. The smallest absolute Gasteiger partial charge is 0.229 e. The lowest BCUT2D eigenvalue weighted by atomic mass is 10.0. The molecule has 1 amide bonds. The van der Waals surface area contributed by atoms with Gasteiger partial charge in [-0.3, -0.25) is 4.79 Å². The van der Waals surface area contributed by atoms with Gasteiger partial charge in [-0.15, -0.1) is 0 Å². The van der Waals surface area contributed by atoms with Gasteiger partial charge in [-0.1, -0.05) is 40.7 Å². The van der Waals surface area contributed by atoms with Gasteiger partial charge in [0.25, 0.3) is 0 Å². The van der Waals surface area contributed by atoms with Crippen LogP contribution < -0.4 is 10.1 Å². The minimum atomic E-state index is -0.141. The highest BCUT2D eigenvalue weighted by molar-refractivity contribution is 9.11. The maximum atomic E-state index is 12.6. The summed E-state index contributed by atoms with van der Waals surface area (Å²) in [7, 11) is 1.68. The van der Waals surface area contributed by atoms with E-state index in [9.17, 15) is 4.79 Å². The van der Waals surface area contributed by atoms with E-state index in [4.69, 9.17) is 14.7 Å². The van der Waals surface area contributed by atoms with Gasteiger partial charge in [0.2, 0.25) is 5.91 Å². The van der Waals surface area contributed by atoms with Gasteiger partial charge in [-0.25, -0.2) is 9.97 Å². The number of ether oxygens (including phenoxy) is 1. The van der Waals surface area contributed by atoms with E-state index in [2.05, 4.69) is 33.9 Å². The van der Waals surface area contributed by atoms with Gasteiger partial charge >= 0.3 is 0 Å². The molecule has 30 heavy (non-hydrogen) atoms. The Balaban J connectivity index is 1.86. The normalized spacial score (nSPS) is 13.7. The van der Waals surface area contributed by atoms with Gasteiger partial charge in [0.05, 0.1) is 30.6 Å². The third-order valence-electron chi connectivity index (χ3n) is 4.98. The lowest BCUT2D eigenvalue weighted by molar-refractivity contribution is -0.115. The zero-order valence-electron chi connectivity index (χ0n) is 17.6. The summed E-state index contributed by atoms with van der Waals surface area (Å²) in [5, 5.41) is 2.92. The summed E-state index contributed by atoms with van der Waals surface area (Å²) >= 11 is 3.38. The van der Waals surface area contributed by atoms with Crippen molar-refractivity contribution < 1.29 is 9.53 Å². The van der Waals surface area contributed by atoms with Crippen LogP contribution in [0, 0.1) is 6.92 Å². The molecule has 6 heteroatoms. The number of fused-ring (bicyclic) bond motifs is 3. The third-order valence-corrected chi connectivity index (χ3v) is 5.25. The second-order valence-corrected chi connectivity index (χ2v) is 8.50. The Morgan fingerprint density at radius 3 is 2.80 bits per heavy atom. The quantitative estimate of drug-likeness (QED) is 0.554. The first-order valence-electron chi connectivity index (χ1n) is 9.91. The Morgan fingerprint density at radius 1 is 1.30 bits per heavy atom. The fourth-order valence-electron chi connectivity index (χ4n) is 3.43. The van der Waals surface area contributed by atoms with Crippen LogP contribution in [0.25, 0.3) is 11.3 Å². The maximum absolute atomic E-state index is 12.6. The molecular formula is C24H26BrN3O2. The molecule has 3 rings (SSSR count). The molecule has 0 bridgehead atoms. The molecule has 0 saturated carbocycles. The van der Waals surface area contributed by atoms with Gasteiger partial charge in [-0.2, -0.15) is 0 Å². The summed E-state index contributed by atoms with van der Waals surface area (Å²) in [6.45, 7) is 7.59. The Kier molecular flexibility index (Phi) is 7.21. The highest BCUT2D eigenvalue weighted by Crippen LogP contribution is 2.33. The van der Waals surface area contributed by atoms with Crippen molar-refractivity contribution in [2.75, 3.05) is 12.4 Å². The number of allylic oxidation sites excluding steroid dienone is 4. The number of hydrogen-bond acceptors (Lipinski definition) is 4. The Morgan fingerprint density at radius 2 is 2.10 bits per heavy atom. The van der Waals surface area contributed by atoms with Gasteiger partial charge in [-0.05, 0) is 66.9 Å². The molecule has 0 spiro atoms. The zero-order chi connectivity index (χ0) is 21.7. The van der Waals surface area contributed by atoms with Crippen LogP contribution >= 0.6 is 15.9 Å². The number of methoxy groups -OCH3 is 1. The highest BCUT2D eigenvalue weighted by atomic mass is 79.9. The van der Waals surface area contributed by atoms with Crippen LogP contribution in [0.5, 0.6) is 5.75 Å². The minimum absolute atomic E-state index is 0.141. The molecule has 1 aliphatic rings. The van der Waals surface area contributed by atoms with Gasteiger partial charge in [0.15, 0.2) is 5.82 Å². The SMILES string of the molecule is C=C/C(=C\C=C(/C)Br)CC(=O)Nc1nc2c(nc1C)-c1ccc(OC)cc1CCC2. The lowest BCUT2D eigenvalue weighted by Crippen LogP contribution is -2.16. The van der Waals surface area contributed by atoms with Gasteiger partial charge < -0.3 is 10.1 Å². The van der Waals surface area contributed by atoms with Crippen LogP contribution in [0.15, 0.2) is 53.1 Å². The molecule has 1 aromatic carbocycles. The molecule has 1 N–H and O–H groups in total. The van der Waals surface area contributed by atoms with E-state index in [0.717, 1.165) is 52.0 Å². The standard InChI is InChI=1S/C24H26BrN3O2/c1-5-17(10-9-15(2)25)13-22(29)28-24-16(3)26-23-20-12-11-19(30-4)14-18(20)7-6-8-21(23)27-24/h5,9-12,14H,1,6-8,13H2,2-4H3,(H,27,28,29)/b15-9+,17-10+. The van der Waals surface area contributed by atoms with Crippen molar-refractivity contribution in [2.45, 2.75) is 39.5 Å². The number of carbonyl (C=O) groups is 1. The second-order valence-electron chi connectivity index (χ2n) is 7.25. The predicted molar refractivity (Wildman–Crippen MR) is 125 cm³/mol. The van der Waals surface area contributed by atoms with E-state index < -0.39 is 0 Å². The molecule has 0 saturated heterocycles. The van der Waals surface area contributed by atoms with Crippen LogP contribution in [-0.2, 0) is 17.6 Å². The molecule has 0 atom stereocenters. The van der Waals surface area contributed by atoms with Crippen LogP contribution in [-0.4, -0.2) is 23.0 Å². The van der Waals surface area contributed by atoms with E-state index in [1.807, 2.05) is 38.1 Å². The monoisotopic (exact) mass is 467 g/mol. The van der Waals surface area contributed by atoms with E-state index in [-0.39, 0.29) is 12.3 Å². The summed E-state index contributed by atoms with van der Waals surface area (Å²) in [5.74, 6) is 1.23. The van der Waals surface area contributed by atoms with Crippen molar-refractivity contribution in [3.05, 3.63) is 70.0 Å². The number of benzene rings is 1. The molecule has 0 radical (unpaired) electrons. The zero-order valence-corrected chi connectivity index (χ0v) is 19.2. The predicted octanol–water partition coefficient (Wildman–Crippen LogP) is 5.69. The van der Waals surface area contributed by atoms with Crippen molar-refractivity contribution >= 4 is 27.7 Å². The maximum Gasteiger partial charge on any atom is 0.229 e. The first-order chi connectivity index (χ1) is 14.4. The topological polar surface area (TPSA) is 64.1 Å². The number of aromatic nitrogens is 2. The van der Waals surface area contributed by atoms with E-state index >= 15 is 0 Å². The summed E-state index contributed by atoms with van der Waals surface area (Å²) in [6, 6.07) is 6.07. The van der Waals surface area contributed by atoms with Crippen molar-refractivity contribution in [1.29, 1.82) is 0 Å². The molecule has 0 aliphatic heterocycles. The number of carbonyl (C=O) groups excluding carboxylic acids is 1. The number of halogens is 1.